The molecule has 1 aromatic heterocycles. The second-order valence-corrected chi connectivity index (χ2v) is 11.2. The van der Waals surface area contributed by atoms with Gasteiger partial charge in [-0.25, -0.2) is 0 Å². The minimum Gasteiger partial charge on any atom is -0.454 e. The number of hydrogen-bond donors (Lipinski definition) is 4. The van der Waals surface area contributed by atoms with Crippen LogP contribution in [0.15, 0.2) is 48.5 Å². The van der Waals surface area contributed by atoms with Gasteiger partial charge in [0.05, 0.1) is 11.6 Å². The zero-order chi connectivity index (χ0) is 31.0. The molecule has 1 unspecified atom stereocenters. The highest BCUT2D eigenvalue weighted by Gasteiger charge is 2.45. The number of nitrogens with one attached hydrogen (secondary N) is 3. The zero-order valence-electron chi connectivity index (χ0n) is 24.0. The molecule has 1 saturated carbocycles. The predicted molar refractivity (Wildman–Crippen MR) is 159 cm³/mol. The minimum absolute atomic E-state index is 0.0272. The lowest BCUT2D eigenvalue weighted by atomic mass is 10.1. The number of halogens is 4. The molecule has 0 spiro atoms. The highest BCUT2D eigenvalue weighted by Crippen LogP contribution is 2.48. The van der Waals surface area contributed by atoms with Crippen LogP contribution in [0.1, 0.15) is 74.7 Å². The quantitative estimate of drug-likeness (QED) is 0.138. The van der Waals surface area contributed by atoms with Crippen LogP contribution in [-0.4, -0.2) is 50.9 Å². The third-order valence-corrected chi connectivity index (χ3v) is 7.41. The van der Waals surface area contributed by atoms with Crippen molar-refractivity contribution in [1.29, 1.82) is 0 Å². The van der Waals surface area contributed by atoms with Gasteiger partial charge in [0.1, 0.15) is 0 Å². The Morgan fingerprint density at radius 2 is 1.67 bits per heavy atom. The van der Waals surface area contributed by atoms with Crippen LogP contribution >= 0.6 is 11.6 Å². The normalized spacial score (nSPS) is 15.3. The van der Waals surface area contributed by atoms with Crippen molar-refractivity contribution in [2.75, 3.05) is 17.2 Å². The molecule has 4 N–H and O–H groups in total. The van der Waals surface area contributed by atoms with Gasteiger partial charge in [0.2, 0.25) is 11.9 Å². The first-order valence-electron chi connectivity index (χ1n) is 14.3. The van der Waals surface area contributed by atoms with E-state index in [4.69, 9.17) is 16.3 Å². The largest absolute Gasteiger partial charge is 0.454 e. The van der Waals surface area contributed by atoms with Crippen molar-refractivity contribution in [3.8, 4) is 6.01 Å². The number of hydrogen-bond acceptors (Lipinski definition) is 8. The SMILES string of the molecule is CCC(O)CCCC[C@@H](C)NC(=O)c1ccc(Nc2nc(NC3(c4ccc(Cl)cc4)CC3)nc(OCC(F)(F)F)n2)cc1. The van der Waals surface area contributed by atoms with E-state index in [1.54, 1.807) is 36.4 Å². The lowest BCUT2D eigenvalue weighted by molar-refractivity contribution is -0.154. The van der Waals surface area contributed by atoms with Gasteiger partial charge in [-0.2, -0.15) is 28.1 Å². The maximum absolute atomic E-state index is 12.8. The van der Waals surface area contributed by atoms with Crippen LogP contribution in [0.5, 0.6) is 6.01 Å². The summed E-state index contributed by atoms with van der Waals surface area (Å²) in [4.78, 5) is 25.1. The van der Waals surface area contributed by atoms with E-state index in [9.17, 15) is 23.1 Å². The molecule has 1 amide bonds. The van der Waals surface area contributed by atoms with E-state index in [-0.39, 0.29) is 29.9 Å². The van der Waals surface area contributed by atoms with Gasteiger partial charge in [0.25, 0.3) is 5.91 Å². The van der Waals surface area contributed by atoms with Crippen molar-refractivity contribution in [3.05, 3.63) is 64.7 Å². The van der Waals surface area contributed by atoms with Crippen molar-refractivity contribution in [2.24, 2.45) is 0 Å². The topological polar surface area (TPSA) is 121 Å². The molecule has 232 valence electrons. The van der Waals surface area contributed by atoms with Gasteiger partial charge >= 0.3 is 12.2 Å². The number of rotatable bonds is 15. The Hall–Kier alpha value is -3.64. The van der Waals surface area contributed by atoms with Crippen LogP contribution < -0.4 is 20.7 Å². The van der Waals surface area contributed by atoms with E-state index in [0.717, 1.165) is 50.5 Å². The number of ether oxygens (including phenoxy) is 1. The molecule has 0 radical (unpaired) electrons. The summed E-state index contributed by atoms with van der Waals surface area (Å²) < 4.78 is 43.4. The van der Waals surface area contributed by atoms with Gasteiger partial charge in [-0.1, -0.05) is 43.5 Å². The fraction of sp³-hybridized carbons (Fsp3) is 0.467. The Balaban J connectivity index is 1.41. The molecule has 0 bridgehead atoms. The van der Waals surface area contributed by atoms with Crippen LogP contribution in [0, 0.1) is 0 Å². The van der Waals surface area contributed by atoms with E-state index >= 15 is 0 Å². The third-order valence-electron chi connectivity index (χ3n) is 7.15. The maximum atomic E-state index is 12.8. The highest BCUT2D eigenvalue weighted by atomic mass is 35.5. The first kappa shape index (κ1) is 32.3. The average Bonchev–Trinajstić information content (AvgIpc) is 3.74. The highest BCUT2D eigenvalue weighted by molar-refractivity contribution is 6.30. The summed E-state index contributed by atoms with van der Waals surface area (Å²) in [6.07, 6.45) is 0.785. The number of aliphatic hydroxyl groups excluding tert-OH is 1. The number of carbonyl (C=O) groups is 1. The van der Waals surface area contributed by atoms with Crippen LogP contribution in [0.25, 0.3) is 0 Å². The molecule has 0 saturated heterocycles. The Kier molecular flexibility index (Phi) is 10.7. The molecule has 13 heteroatoms. The molecule has 1 aliphatic rings. The second-order valence-electron chi connectivity index (χ2n) is 10.8. The first-order chi connectivity index (χ1) is 20.4. The molecule has 1 aliphatic carbocycles. The summed E-state index contributed by atoms with van der Waals surface area (Å²) in [5.74, 6) is -0.198. The van der Waals surface area contributed by atoms with Gasteiger partial charge < -0.3 is 25.8 Å². The van der Waals surface area contributed by atoms with Gasteiger partial charge in [-0.3, -0.25) is 4.79 Å². The summed E-state index contributed by atoms with van der Waals surface area (Å²) in [6.45, 7) is 2.33. The molecule has 2 atom stereocenters. The molecule has 9 nitrogen and oxygen atoms in total. The van der Waals surface area contributed by atoms with Crippen molar-refractivity contribution in [3.63, 3.8) is 0 Å². The van der Waals surface area contributed by atoms with Crippen molar-refractivity contribution in [2.45, 2.75) is 82.7 Å². The van der Waals surface area contributed by atoms with E-state index < -0.39 is 24.3 Å². The third kappa shape index (κ3) is 9.96. The fourth-order valence-electron chi connectivity index (χ4n) is 4.52. The minimum atomic E-state index is -4.57. The number of anilines is 3. The average molecular weight is 621 g/mol. The van der Waals surface area contributed by atoms with Crippen molar-refractivity contribution >= 4 is 35.1 Å². The Bertz CT molecular complexity index is 1350. The Morgan fingerprint density at radius 1 is 1.02 bits per heavy atom. The van der Waals surface area contributed by atoms with Crippen LogP contribution in [0.2, 0.25) is 5.02 Å². The van der Waals surface area contributed by atoms with E-state index in [1.807, 2.05) is 26.0 Å². The first-order valence-corrected chi connectivity index (χ1v) is 14.7. The molecular weight excluding hydrogens is 585 g/mol. The molecule has 0 aliphatic heterocycles. The maximum Gasteiger partial charge on any atom is 0.422 e. The molecular formula is C30H36ClF3N6O3. The molecule has 43 heavy (non-hydrogen) atoms. The second kappa shape index (κ2) is 14.2. The van der Waals surface area contributed by atoms with Crippen molar-refractivity contribution < 1.29 is 27.8 Å². The predicted octanol–water partition coefficient (Wildman–Crippen LogP) is 6.76. The van der Waals surface area contributed by atoms with Crippen LogP contribution in [0.4, 0.5) is 30.8 Å². The summed E-state index contributed by atoms with van der Waals surface area (Å²) >= 11 is 6.02. The zero-order valence-corrected chi connectivity index (χ0v) is 24.8. The summed E-state index contributed by atoms with van der Waals surface area (Å²) in [7, 11) is 0. The number of carbonyl (C=O) groups excluding carboxylic acids is 1. The standard InChI is InChI=1S/C30H36ClF3N6O3/c1-3-24(41)7-5-4-6-19(2)35-25(42)20-8-14-23(15-9-20)36-26-37-27(39-28(38-26)43-18-30(32,33)34)40-29(16-17-29)21-10-12-22(31)13-11-21/h8-15,19,24,41H,3-7,16-18H2,1-2H3,(H,35,42)(H2,36,37,38,39,40)/t19-,24?/m1/s1. The van der Waals surface area contributed by atoms with Crippen LogP contribution in [-0.2, 0) is 5.54 Å². The number of alkyl halides is 3. The number of nitrogens with zero attached hydrogens (tertiary/aromatic N) is 3. The number of amides is 1. The Morgan fingerprint density at radius 3 is 2.30 bits per heavy atom. The smallest absolute Gasteiger partial charge is 0.422 e. The number of benzene rings is 2. The van der Waals surface area contributed by atoms with E-state index in [0.29, 0.717) is 16.3 Å². The number of unbranched alkanes of at least 4 members (excludes halogenated alkanes) is 1. The molecule has 3 aromatic rings. The monoisotopic (exact) mass is 620 g/mol. The summed E-state index contributed by atoms with van der Waals surface area (Å²) in [5.41, 5.74) is 1.43. The number of aliphatic hydroxyl groups is 1. The lowest BCUT2D eigenvalue weighted by Crippen LogP contribution is -2.32. The van der Waals surface area contributed by atoms with E-state index in [2.05, 4.69) is 30.9 Å². The summed E-state index contributed by atoms with van der Waals surface area (Å²) in [6, 6.07) is 13.3. The van der Waals surface area contributed by atoms with Gasteiger partial charge in [0, 0.05) is 22.3 Å². The Labute approximate surface area is 253 Å². The van der Waals surface area contributed by atoms with Gasteiger partial charge in [0.15, 0.2) is 6.61 Å². The number of aromatic nitrogens is 3. The fourth-order valence-corrected chi connectivity index (χ4v) is 4.65. The molecule has 1 fully saturated rings. The molecule has 1 heterocycles. The lowest BCUT2D eigenvalue weighted by Gasteiger charge is -2.19. The van der Waals surface area contributed by atoms with Gasteiger partial charge in [-0.05, 0) is 81.0 Å². The summed E-state index contributed by atoms with van der Waals surface area (Å²) in [5, 5.41) is 19.4. The molecule has 2 aromatic carbocycles. The van der Waals surface area contributed by atoms with Gasteiger partial charge in [-0.15, -0.1) is 0 Å². The van der Waals surface area contributed by atoms with Crippen LogP contribution in [0.3, 0.4) is 0 Å². The van der Waals surface area contributed by atoms with Crippen molar-refractivity contribution in [1.82, 2.24) is 20.3 Å². The van der Waals surface area contributed by atoms with E-state index in [1.165, 1.54) is 0 Å². The molecule has 4 rings (SSSR count).